The number of carbonyl (C=O) groups excluding carboxylic acids is 1. The van der Waals surface area contributed by atoms with Gasteiger partial charge in [-0.3, -0.25) is 4.79 Å². The summed E-state index contributed by atoms with van der Waals surface area (Å²) in [7, 11) is 0. The third kappa shape index (κ3) is 3.00. The Bertz CT molecular complexity index is 653. The molecule has 1 amide bonds. The number of carboxylic acid groups (broad SMARTS) is 1. The number of carboxylic acids is 1. The van der Waals surface area contributed by atoms with Crippen LogP contribution in [-0.4, -0.2) is 28.5 Å². The van der Waals surface area contributed by atoms with Crippen molar-refractivity contribution in [3.8, 4) is 11.3 Å². The summed E-state index contributed by atoms with van der Waals surface area (Å²) >= 11 is 0. The molecule has 1 aromatic heterocycles. The van der Waals surface area contributed by atoms with E-state index in [-0.39, 0.29) is 11.6 Å². The normalized spacial score (nSPS) is 10.1. The van der Waals surface area contributed by atoms with E-state index in [4.69, 9.17) is 5.11 Å². The lowest BCUT2D eigenvalue weighted by atomic mass is 10.1. The maximum Gasteiger partial charge on any atom is 0.354 e. The molecule has 2 aromatic rings. The Labute approximate surface area is 116 Å². The molecular weight excluding hydrogens is 256 g/mol. The fourth-order valence-corrected chi connectivity index (χ4v) is 1.80. The second kappa shape index (κ2) is 5.97. The minimum atomic E-state index is -1.08. The minimum absolute atomic E-state index is 0.0223. The summed E-state index contributed by atoms with van der Waals surface area (Å²) in [5.74, 6) is -1.24. The van der Waals surface area contributed by atoms with Crippen LogP contribution in [-0.2, 0) is 0 Å². The quantitative estimate of drug-likeness (QED) is 0.892. The molecule has 102 valence electrons. The number of rotatable bonds is 4. The van der Waals surface area contributed by atoms with Gasteiger partial charge in [0.1, 0.15) is 5.69 Å². The lowest BCUT2D eigenvalue weighted by Gasteiger charge is -2.06. The van der Waals surface area contributed by atoms with Crippen LogP contribution in [0.4, 0.5) is 0 Å². The van der Waals surface area contributed by atoms with E-state index in [0.29, 0.717) is 23.4 Å². The lowest BCUT2D eigenvalue weighted by molar-refractivity contribution is 0.0690. The SMILES string of the molecule is CCNC(=O)c1cccc(-c2cccc(C(=O)O)n2)c1. The van der Waals surface area contributed by atoms with Crippen LogP contribution in [0.1, 0.15) is 27.8 Å². The van der Waals surface area contributed by atoms with Gasteiger partial charge in [0.05, 0.1) is 5.69 Å². The number of nitrogens with zero attached hydrogens (tertiary/aromatic N) is 1. The molecule has 0 aliphatic carbocycles. The number of nitrogens with one attached hydrogen (secondary N) is 1. The first kappa shape index (κ1) is 13.7. The van der Waals surface area contributed by atoms with Crippen LogP contribution in [0.3, 0.4) is 0 Å². The summed E-state index contributed by atoms with van der Waals surface area (Å²) in [6.45, 7) is 2.40. The van der Waals surface area contributed by atoms with Gasteiger partial charge in [0, 0.05) is 17.7 Å². The monoisotopic (exact) mass is 270 g/mol. The zero-order valence-electron chi connectivity index (χ0n) is 11.0. The Morgan fingerprint density at radius 3 is 2.65 bits per heavy atom. The Kier molecular flexibility index (Phi) is 4.10. The van der Waals surface area contributed by atoms with E-state index in [1.807, 2.05) is 6.92 Å². The number of benzene rings is 1. The Morgan fingerprint density at radius 1 is 1.20 bits per heavy atom. The van der Waals surface area contributed by atoms with Crippen molar-refractivity contribution >= 4 is 11.9 Å². The highest BCUT2D eigenvalue weighted by Gasteiger charge is 2.09. The third-order valence-corrected chi connectivity index (χ3v) is 2.73. The fourth-order valence-electron chi connectivity index (χ4n) is 1.80. The van der Waals surface area contributed by atoms with Crippen molar-refractivity contribution in [2.45, 2.75) is 6.92 Å². The molecule has 0 fully saturated rings. The van der Waals surface area contributed by atoms with E-state index in [2.05, 4.69) is 10.3 Å². The van der Waals surface area contributed by atoms with Gasteiger partial charge in [0.25, 0.3) is 5.91 Å². The van der Waals surface area contributed by atoms with Crippen LogP contribution < -0.4 is 5.32 Å². The standard InChI is InChI=1S/C15H14N2O3/c1-2-16-14(18)11-6-3-5-10(9-11)12-7-4-8-13(17-12)15(19)20/h3-9H,2H2,1H3,(H,16,18)(H,19,20). The summed E-state index contributed by atoms with van der Waals surface area (Å²) in [5, 5.41) is 11.7. The topological polar surface area (TPSA) is 79.3 Å². The minimum Gasteiger partial charge on any atom is -0.477 e. The van der Waals surface area contributed by atoms with Gasteiger partial charge in [-0.2, -0.15) is 0 Å². The molecule has 0 aliphatic rings. The van der Waals surface area contributed by atoms with Gasteiger partial charge in [0.15, 0.2) is 0 Å². The van der Waals surface area contributed by atoms with Gasteiger partial charge in [-0.05, 0) is 31.2 Å². The lowest BCUT2D eigenvalue weighted by Crippen LogP contribution is -2.22. The predicted molar refractivity (Wildman–Crippen MR) is 74.6 cm³/mol. The number of aromatic carboxylic acids is 1. The van der Waals surface area contributed by atoms with Crippen LogP contribution in [0.5, 0.6) is 0 Å². The maximum absolute atomic E-state index is 11.8. The highest BCUT2D eigenvalue weighted by Crippen LogP contribution is 2.18. The van der Waals surface area contributed by atoms with Crippen molar-refractivity contribution in [2.24, 2.45) is 0 Å². The summed E-state index contributed by atoms with van der Waals surface area (Å²) < 4.78 is 0. The van der Waals surface area contributed by atoms with Crippen molar-refractivity contribution in [2.75, 3.05) is 6.54 Å². The van der Waals surface area contributed by atoms with E-state index < -0.39 is 5.97 Å². The molecule has 0 aliphatic heterocycles. The van der Waals surface area contributed by atoms with Crippen LogP contribution in [0.25, 0.3) is 11.3 Å². The number of aromatic nitrogens is 1. The van der Waals surface area contributed by atoms with Gasteiger partial charge in [0.2, 0.25) is 0 Å². The molecule has 0 bridgehead atoms. The zero-order chi connectivity index (χ0) is 14.5. The summed E-state index contributed by atoms with van der Waals surface area (Å²) in [4.78, 5) is 26.8. The smallest absolute Gasteiger partial charge is 0.354 e. The second-order valence-electron chi connectivity index (χ2n) is 4.15. The molecule has 5 heteroatoms. The molecule has 20 heavy (non-hydrogen) atoms. The number of amides is 1. The number of pyridine rings is 1. The fraction of sp³-hybridized carbons (Fsp3) is 0.133. The number of carbonyl (C=O) groups is 2. The van der Waals surface area contributed by atoms with Crippen molar-refractivity contribution in [1.29, 1.82) is 0 Å². The van der Waals surface area contributed by atoms with Gasteiger partial charge < -0.3 is 10.4 Å². The molecule has 0 radical (unpaired) electrons. The Balaban J connectivity index is 2.38. The van der Waals surface area contributed by atoms with E-state index in [1.165, 1.54) is 6.07 Å². The summed E-state index contributed by atoms with van der Waals surface area (Å²) in [6.07, 6.45) is 0. The molecule has 1 heterocycles. The highest BCUT2D eigenvalue weighted by molar-refractivity contribution is 5.95. The van der Waals surface area contributed by atoms with Crippen LogP contribution in [0, 0.1) is 0 Å². The molecule has 0 atom stereocenters. The first-order valence-electron chi connectivity index (χ1n) is 6.21. The molecule has 2 rings (SSSR count). The molecule has 5 nitrogen and oxygen atoms in total. The number of hydrogen-bond donors (Lipinski definition) is 2. The van der Waals surface area contributed by atoms with E-state index in [9.17, 15) is 9.59 Å². The van der Waals surface area contributed by atoms with E-state index in [0.717, 1.165) is 0 Å². The molecule has 0 saturated heterocycles. The summed E-state index contributed by atoms with van der Waals surface area (Å²) in [6, 6.07) is 11.7. The van der Waals surface area contributed by atoms with Crippen molar-refractivity contribution in [1.82, 2.24) is 10.3 Å². The van der Waals surface area contributed by atoms with E-state index in [1.54, 1.807) is 36.4 Å². The molecular formula is C15H14N2O3. The predicted octanol–water partition coefficient (Wildman–Crippen LogP) is 2.20. The molecule has 1 aromatic carbocycles. The molecule has 0 spiro atoms. The first-order valence-corrected chi connectivity index (χ1v) is 6.21. The van der Waals surface area contributed by atoms with Crippen molar-refractivity contribution in [3.05, 3.63) is 53.7 Å². The largest absolute Gasteiger partial charge is 0.477 e. The van der Waals surface area contributed by atoms with Crippen LogP contribution in [0.2, 0.25) is 0 Å². The number of hydrogen-bond acceptors (Lipinski definition) is 3. The average molecular weight is 270 g/mol. The zero-order valence-corrected chi connectivity index (χ0v) is 11.0. The highest BCUT2D eigenvalue weighted by atomic mass is 16.4. The van der Waals surface area contributed by atoms with E-state index >= 15 is 0 Å². The summed E-state index contributed by atoms with van der Waals surface area (Å²) in [5.41, 5.74) is 1.73. The van der Waals surface area contributed by atoms with Gasteiger partial charge in [-0.1, -0.05) is 18.2 Å². The van der Waals surface area contributed by atoms with Crippen LogP contribution >= 0.6 is 0 Å². The Hall–Kier alpha value is -2.69. The molecule has 0 unspecified atom stereocenters. The third-order valence-electron chi connectivity index (χ3n) is 2.73. The second-order valence-corrected chi connectivity index (χ2v) is 4.15. The maximum atomic E-state index is 11.8. The van der Waals surface area contributed by atoms with Gasteiger partial charge >= 0.3 is 5.97 Å². The van der Waals surface area contributed by atoms with Crippen LogP contribution in [0.15, 0.2) is 42.5 Å². The Morgan fingerprint density at radius 2 is 1.95 bits per heavy atom. The van der Waals surface area contributed by atoms with Crippen molar-refractivity contribution in [3.63, 3.8) is 0 Å². The van der Waals surface area contributed by atoms with Gasteiger partial charge in [-0.15, -0.1) is 0 Å². The molecule has 2 N–H and O–H groups in total. The van der Waals surface area contributed by atoms with Crippen molar-refractivity contribution < 1.29 is 14.7 Å². The average Bonchev–Trinajstić information content (AvgIpc) is 2.48. The molecule has 0 saturated carbocycles. The first-order chi connectivity index (χ1) is 9.61. The van der Waals surface area contributed by atoms with Gasteiger partial charge in [-0.25, -0.2) is 9.78 Å².